The average Bonchev–Trinajstić information content (AvgIpc) is 2.30. The molecule has 0 saturated heterocycles. The zero-order valence-electron chi connectivity index (χ0n) is 6.14. The molecule has 0 aliphatic carbocycles. The lowest BCUT2D eigenvalue weighted by Crippen LogP contribution is -2.17. The van der Waals surface area contributed by atoms with Crippen molar-refractivity contribution in [2.75, 3.05) is 0 Å². The monoisotopic (exact) mass is 355 g/mol. The van der Waals surface area contributed by atoms with Crippen LogP contribution in [0.2, 0.25) is 0 Å². The van der Waals surface area contributed by atoms with Crippen LogP contribution >= 0.6 is 55.6 Å². The fourth-order valence-corrected chi connectivity index (χ4v) is 2.75. The highest BCUT2D eigenvalue weighted by Crippen LogP contribution is 2.36. The Balaban J connectivity index is 0.00000144. The first-order valence-corrected chi connectivity index (χ1v) is 5.41. The topological polar surface area (TPSA) is 26.0 Å². The third-order valence-corrected chi connectivity index (χ3v) is 4.62. The number of thiophene rings is 1. The normalized spacial score (nSPS) is 12.8. The number of rotatable bonds is 2. The SMILES string of the molecule is Cl.N[C@@H](c1cc(Br)c(Br)s1)C(F)F. The summed E-state index contributed by atoms with van der Waals surface area (Å²) in [5.41, 5.74) is 5.24. The second-order valence-corrected chi connectivity index (χ2v) is 5.39. The van der Waals surface area contributed by atoms with Crippen molar-refractivity contribution < 1.29 is 8.78 Å². The van der Waals surface area contributed by atoms with Crippen LogP contribution in [0.5, 0.6) is 0 Å². The van der Waals surface area contributed by atoms with E-state index >= 15 is 0 Å². The van der Waals surface area contributed by atoms with E-state index in [1.165, 1.54) is 11.3 Å². The van der Waals surface area contributed by atoms with Crippen LogP contribution in [0.3, 0.4) is 0 Å². The number of alkyl halides is 2. The van der Waals surface area contributed by atoms with E-state index in [0.29, 0.717) is 4.88 Å². The first kappa shape index (κ1) is 13.8. The molecule has 1 aromatic heterocycles. The van der Waals surface area contributed by atoms with Gasteiger partial charge in [0.25, 0.3) is 6.43 Å². The summed E-state index contributed by atoms with van der Waals surface area (Å²) in [5, 5.41) is 0. The Labute approximate surface area is 101 Å². The molecule has 7 heteroatoms. The maximum Gasteiger partial charge on any atom is 0.258 e. The van der Waals surface area contributed by atoms with Crippen LogP contribution in [-0.4, -0.2) is 6.43 Å². The Morgan fingerprint density at radius 3 is 2.23 bits per heavy atom. The number of nitrogens with two attached hydrogens (primary N) is 1. The van der Waals surface area contributed by atoms with Crippen molar-refractivity contribution in [3.05, 3.63) is 19.2 Å². The molecule has 1 rings (SSSR count). The van der Waals surface area contributed by atoms with E-state index in [2.05, 4.69) is 31.9 Å². The zero-order valence-corrected chi connectivity index (χ0v) is 10.9. The van der Waals surface area contributed by atoms with Gasteiger partial charge in [-0.25, -0.2) is 8.78 Å². The predicted octanol–water partition coefficient (Wildman–Crippen LogP) is 3.96. The number of halogens is 5. The van der Waals surface area contributed by atoms with Gasteiger partial charge in [0.05, 0.1) is 3.79 Å². The summed E-state index contributed by atoms with van der Waals surface area (Å²) >= 11 is 7.62. The van der Waals surface area contributed by atoms with E-state index in [0.717, 1.165) is 8.26 Å². The highest BCUT2D eigenvalue weighted by molar-refractivity contribution is 9.13. The minimum Gasteiger partial charge on any atom is -0.319 e. The van der Waals surface area contributed by atoms with Crippen LogP contribution in [-0.2, 0) is 0 Å². The van der Waals surface area contributed by atoms with Crippen molar-refractivity contribution in [2.24, 2.45) is 5.73 Å². The molecule has 0 radical (unpaired) electrons. The first-order valence-electron chi connectivity index (χ1n) is 3.01. The van der Waals surface area contributed by atoms with Crippen LogP contribution in [0.15, 0.2) is 14.3 Å². The average molecular weight is 357 g/mol. The van der Waals surface area contributed by atoms with Gasteiger partial charge in [-0.05, 0) is 37.9 Å². The lowest BCUT2D eigenvalue weighted by molar-refractivity contribution is 0.118. The van der Waals surface area contributed by atoms with Gasteiger partial charge >= 0.3 is 0 Å². The van der Waals surface area contributed by atoms with Gasteiger partial charge in [-0.3, -0.25) is 0 Å². The summed E-state index contributed by atoms with van der Waals surface area (Å²) in [5.74, 6) is 0. The third-order valence-electron chi connectivity index (χ3n) is 1.26. The van der Waals surface area contributed by atoms with Crippen LogP contribution < -0.4 is 5.73 Å². The molecule has 1 nitrogen and oxygen atoms in total. The van der Waals surface area contributed by atoms with Gasteiger partial charge in [-0.15, -0.1) is 23.7 Å². The summed E-state index contributed by atoms with van der Waals surface area (Å²) in [7, 11) is 0. The van der Waals surface area contributed by atoms with E-state index < -0.39 is 12.5 Å². The molecule has 13 heavy (non-hydrogen) atoms. The molecule has 2 N–H and O–H groups in total. The maximum atomic E-state index is 12.1. The minimum absolute atomic E-state index is 0. The fourth-order valence-electron chi connectivity index (χ4n) is 0.652. The summed E-state index contributed by atoms with van der Waals surface area (Å²) in [6.07, 6.45) is -2.51. The molecule has 1 aromatic rings. The van der Waals surface area contributed by atoms with Crippen molar-refractivity contribution in [3.63, 3.8) is 0 Å². The lowest BCUT2D eigenvalue weighted by atomic mass is 10.3. The van der Waals surface area contributed by atoms with E-state index in [-0.39, 0.29) is 12.4 Å². The van der Waals surface area contributed by atoms with Gasteiger partial charge < -0.3 is 5.73 Å². The van der Waals surface area contributed by atoms with Crippen molar-refractivity contribution in [1.29, 1.82) is 0 Å². The van der Waals surface area contributed by atoms with Gasteiger partial charge in [-0.2, -0.15) is 0 Å². The van der Waals surface area contributed by atoms with Gasteiger partial charge in [-0.1, -0.05) is 0 Å². The highest BCUT2D eigenvalue weighted by Gasteiger charge is 2.20. The van der Waals surface area contributed by atoms with E-state index in [1.807, 2.05) is 0 Å². The maximum absolute atomic E-state index is 12.1. The molecule has 0 bridgehead atoms. The molecule has 0 saturated carbocycles. The van der Waals surface area contributed by atoms with Gasteiger partial charge in [0.2, 0.25) is 0 Å². The van der Waals surface area contributed by atoms with E-state index in [4.69, 9.17) is 5.73 Å². The molecule has 0 fully saturated rings. The quantitative estimate of drug-likeness (QED) is 0.852. The largest absolute Gasteiger partial charge is 0.319 e. The second kappa shape index (κ2) is 5.60. The highest BCUT2D eigenvalue weighted by atomic mass is 79.9. The van der Waals surface area contributed by atoms with Gasteiger partial charge in [0.15, 0.2) is 0 Å². The summed E-state index contributed by atoms with van der Waals surface area (Å²) in [4.78, 5) is 0.476. The molecule has 0 spiro atoms. The third kappa shape index (κ3) is 3.43. The van der Waals surface area contributed by atoms with Crippen LogP contribution in [0, 0.1) is 0 Å². The molecular formula is C6H6Br2ClF2NS. The van der Waals surface area contributed by atoms with Crippen LogP contribution in [0.1, 0.15) is 10.9 Å². The first-order chi connectivity index (χ1) is 5.52. The predicted molar refractivity (Wildman–Crippen MR) is 59.9 cm³/mol. The number of hydrogen-bond donors (Lipinski definition) is 1. The Bertz CT molecular complexity index is 262. The molecule has 0 aliphatic heterocycles. The molecule has 1 atom stereocenters. The smallest absolute Gasteiger partial charge is 0.258 e. The number of hydrogen-bond acceptors (Lipinski definition) is 2. The van der Waals surface area contributed by atoms with Gasteiger partial charge in [0, 0.05) is 9.35 Å². The molecule has 76 valence electrons. The minimum atomic E-state index is -2.51. The summed E-state index contributed by atoms with van der Waals surface area (Å²) < 4.78 is 25.8. The molecule has 0 amide bonds. The molecular weight excluding hydrogens is 351 g/mol. The lowest BCUT2D eigenvalue weighted by Gasteiger charge is -2.05. The molecule has 1 heterocycles. The standard InChI is InChI=1S/C6H5Br2F2NS.ClH/c7-2-1-3(12-5(2)8)4(11)6(9)10;/h1,4,6H,11H2;1H/t4-;/m0./s1. The summed E-state index contributed by atoms with van der Waals surface area (Å²) in [6.45, 7) is 0. The molecule has 0 unspecified atom stereocenters. The Hall–Kier alpha value is 0.770. The van der Waals surface area contributed by atoms with Crippen LogP contribution in [0.4, 0.5) is 8.78 Å². The van der Waals surface area contributed by atoms with Crippen LogP contribution in [0.25, 0.3) is 0 Å². The summed E-state index contributed by atoms with van der Waals surface area (Å²) in [6, 6.07) is 0.420. The van der Waals surface area contributed by atoms with Crippen molar-refractivity contribution in [1.82, 2.24) is 0 Å². The van der Waals surface area contributed by atoms with E-state index in [9.17, 15) is 8.78 Å². The Morgan fingerprint density at radius 2 is 1.92 bits per heavy atom. The van der Waals surface area contributed by atoms with Crippen molar-refractivity contribution >= 4 is 55.6 Å². The fraction of sp³-hybridized carbons (Fsp3) is 0.333. The molecule has 0 aromatic carbocycles. The Morgan fingerprint density at radius 1 is 1.38 bits per heavy atom. The Kier molecular flexibility index (Phi) is 5.93. The van der Waals surface area contributed by atoms with Crippen molar-refractivity contribution in [2.45, 2.75) is 12.5 Å². The molecule has 0 aliphatic rings. The van der Waals surface area contributed by atoms with Gasteiger partial charge in [0.1, 0.15) is 6.04 Å². The second-order valence-electron chi connectivity index (χ2n) is 2.13. The van der Waals surface area contributed by atoms with E-state index in [1.54, 1.807) is 6.07 Å². The zero-order chi connectivity index (χ0) is 9.30. The van der Waals surface area contributed by atoms with Crippen molar-refractivity contribution in [3.8, 4) is 0 Å².